The van der Waals surface area contributed by atoms with Gasteiger partial charge in [0.2, 0.25) is 0 Å². The monoisotopic (exact) mass is 299 g/mol. The van der Waals surface area contributed by atoms with Gasteiger partial charge in [-0.2, -0.15) is 0 Å². The van der Waals surface area contributed by atoms with Crippen molar-refractivity contribution in [2.45, 2.75) is 19.3 Å². The summed E-state index contributed by atoms with van der Waals surface area (Å²) in [4.78, 5) is 14.6. The van der Waals surface area contributed by atoms with Crippen LogP contribution in [0, 0.1) is 0 Å². The maximum atomic E-state index is 12.3. The fourth-order valence-corrected chi connectivity index (χ4v) is 3.14. The van der Waals surface area contributed by atoms with Crippen LogP contribution in [0.5, 0.6) is 0 Å². The summed E-state index contributed by atoms with van der Waals surface area (Å²) in [5.41, 5.74) is 3.29. The number of ketones is 1. The zero-order valence-corrected chi connectivity index (χ0v) is 12.6. The highest BCUT2D eigenvalue weighted by atomic mass is 35.5. The predicted molar refractivity (Wildman–Crippen MR) is 87.4 cm³/mol. The third kappa shape index (κ3) is 3.11. The first kappa shape index (κ1) is 14.2. The molecule has 2 aromatic rings. The van der Waals surface area contributed by atoms with Crippen molar-refractivity contribution >= 4 is 23.1 Å². The number of carbonyl (C=O) groups excluding carboxylic acids is 1. The highest BCUT2D eigenvalue weighted by Crippen LogP contribution is 2.27. The third-order valence-corrected chi connectivity index (χ3v) is 4.32. The minimum absolute atomic E-state index is 0.114. The van der Waals surface area contributed by atoms with Crippen LogP contribution < -0.4 is 4.90 Å². The minimum atomic E-state index is 0.114. The van der Waals surface area contributed by atoms with E-state index in [0.717, 1.165) is 25.9 Å². The van der Waals surface area contributed by atoms with Crippen LogP contribution in [0.2, 0.25) is 5.02 Å². The summed E-state index contributed by atoms with van der Waals surface area (Å²) < 4.78 is 0. The number of aryl methyl sites for hydroxylation is 1. The molecule has 0 radical (unpaired) electrons. The second kappa shape index (κ2) is 6.31. The maximum Gasteiger partial charge on any atom is 0.166 e. The van der Waals surface area contributed by atoms with E-state index in [1.54, 1.807) is 12.1 Å². The molecular formula is C18H18ClNO. The summed E-state index contributed by atoms with van der Waals surface area (Å²) in [5, 5.41) is 0.543. The van der Waals surface area contributed by atoms with Crippen molar-refractivity contribution in [3.05, 3.63) is 64.7 Å². The van der Waals surface area contributed by atoms with E-state index < -0.39 is 0 Å². The quantitative estimate of drug-likeness (QED) is 0.782. The van der Waals surface area contributed by atoms with Crippen LogP contribution in [0.3, 0.4) is 0 Å². The Morgan fingerprint density at radius 1 is 1.10 bits per heavy atom. The Balaban J connectivity index is 1.69. The first-order valence-electron chi connectivity index (χ1n) is 7.36. The lowest BCUT2D eigenvalue weighted by Gasteiger charge is -2.31. The number of hydrogen-bond donors (Lipinski definition) is 0. The first-order valence-corrected chi connectivity index (χ1v) is 7.74. The molecule has 0 saturated heterocycles. The average Bonchev–Trinajstić information content (AvgIpc) is 2.53. The summed E-state index contributed by atoms with van der Waals surface area (Å²) in [6.07, 6.45) is 2.78. The van der Waals surface area contributed by atoms with Gasteiger partial charge in [-0.05, 0) is 36.6 Å². The van der Waals surface area contributed by atoms with Crippen molar-refractivity contribution in [2.75, 3.05) is 18.0 Å². The van der Waals surface area contributed by atoms with Crippen molar-refractivity contribution in [1.29, 1.82) is 0 Å². The topological polar surface area (TPSA) is 20.3 Å². The Morgan fingerprint density at radius 2 is 1.86 bits per heavy atom. The molecule has 3 heteroatoms. The molecule has 108 valence electrons. The van der Waals surface area contributed by atoms with Gasteiger partial charge in [-0.3, -0.25) is 4.79 Å². The molecule has 1 aliphatic heterocycles. The Hall–Kier alpha value is -1.80. The van der Waals surface area contributed by atoms with Crippen LogP contribution in [0.15, 0.2) is 48.5 Å². The van der Waals surface area contributed by atoms with Crippen molar-refractivity contribution < 1.29 is 4.79 Å². The molecule has 0 amide bonds. The minimum Gasteiger partial charge on any atom is -0.371 e. The number of halogens is 1. The summed E-state index contributed by atoms with van der Waals surface area (Å²) in [7, 11) is 0. The van der Waals surface area contributed by atoms with Crippen molar-refractivity contribution in [2.24, 2.45) is 0 Å². The Labute approximate surface area is 130 Å². The number of para-hydroxylation sites is 1. The van der Waals surface area contributed by atoms with Gasteiger partial charge in [-0.25, -0.2) is 0 Å². The van der Waals surface area contributed by atoms with Crippen molar-refractivity contribution in [1.82, 2.24) is 0 Å². The second-order valence-electron chi connectivity index (χ2n) is 5.37. The van der Waals surface area contributed by atoms with E-state index in [4.69, 9.17) is 11.6 Å². The molecule has 0 spiro atoms. The fraction of sp³-hybridized carbons (Fsp3) is 0.278. The molecule has 2 nitrogen and oxygen atoms in total. The largest absolute Gasteiger partial charge is 0.371 e. The predicted octanol–water partition coefficient (Wildman–Crippen LogP) is 4.37. The lowest BCUT2D eigenvalue weighted by molar-refractivity contribution is 0.0984. The van der Waals surface area contributed by atoms with Gasteiger partial charge in [0.05, 0.1) is 5.02 Å². The highest BCUT2D eigenvalue weighted by molar-refractivity contribution is 6.33. The van der Waals surface area contributed by atoms with Crippen molar-refractivity contribution in [3.8, 4) is 0 Å². The van der Waals surface area contributed by atoms with Crippen molar-refractivity contribution in [3.63, 3.8) is 0 Å². The highest BCUT2D eigenvalue weighted by Gasteiger charge is 2.17. The summed E-state index contributed by atoms with van der Waals surface area (Å²) >= 11 is 6.09. The number of rotatable bonds is 4. The number of anilines is 1. The normalized spacial score (nSPS) is 13.9. The van der Waals surface area contributed by atoms with Crippen LogP contribution in [0.25, 0.3) is 0 Å². The first-order chi connectivity index (χ1) is 10.3. The van der Waals surface area contributed by atoms with Gasteiger partial charge in [0.15, 0.2) is 5.78 Å². The van der Waals surface area contributed by atoms with Crippen LogP contribution in [0.4, 0.5) is 5.69 Å². The number of fused-ring (bicyclic) bond motifs is 1. The lowest BCUT2D eigenvalue weighted by atomic mass is 10.0. The molecule has 1 heterocycles. The molecule has 3 rings (SSSR count). The molecule has 0 aromatic heterocycles. The zero-order chi connectivity index (χ0) is 14.7. The van der Waals surface area contributed by atoms with Crippen LogP contribution in [-0.4, -0.2) is 18.9 Å². The van der Waals surface area contributed by atoms with Gasteiger partial charge in [0.1, 0.15) is 0 Å². The molecule has 0 fully saturated rings. The van der Waals surface area contributed by atoms with Crippen LogP contribution in [0.1, 0.15) is 28.8 Å². The van der Waals surface area contributed by atoms with E-state index in [1.807, 2.05) is 12.1 Å². The summed E-state index contributed by atoms with van der Waals surface area (Å²) in [5.74, 6) is 0.114. The third-order valence-electron chi connectivity index (χ3n) is 3.99. The van der Waals surface area contributed by atoms with E-state index in [9.17, 15) is 4.79 Å². The number of benzene rings is 2. The van der Waals surface area contributed by atoms with E-state index >= 15 is 0 Å². The van der Waals surface area contributed by atoms with Crippen LogP contribution in [-0.2, 0) is 6.42 Å². The molecule has 0 saturated carbocycles. The Bertz CT molecular complexity index is 653. The molecule has 0 aliphatic carbocycles. The number of nitrogens with zero attached hydrogens (tertiary/aromatic N) is 1. The molecule has 0 bridgehead atoms. The van der Waals surface area contributed by atoms with Gasteiger partial charge >= 0.3 is 0 Å². The fourth-order valence-electron chi connectivity index (χ4n) is 2.90. The smallest absolute Gasteiger partial charge is 0.166 e. The lowest BCUT2D eigenvalue weighted by Crippen LogP contribution is -2.31. The second-order valence-corrected chi connectivity index (χ2v) is 5.78. The van der Waals surface area contributed by atoms with Gasteiger partial charge < -0.3 is 4.90 Å². The number of Topliss-reactive ketones (excluding diaryl/α,β-unsaturated/α-hetero) is 1. The van der Waals surface area contributed by atoms with Crippen LogP contribution >= 0.6 is 11.6 Å². The van der Waals surface area contributed by atoms with Gasteiger partial charge in [-0.15, -0.1) is 0 Å². The molecule has 2 aromatic carbocycles. The van der Waals surface area contributed by atoms with E-state index in [1.165, 1.54) is 11.3 Å². The van der Waals surface area contributed by atoms with Gasteiger partial charge in [0, 0.05) is 30.8 Å². The standard InChI is InChI=1S/C18H18ClNO/c19-16-9-3-2-8-15(16)18(21)11-13-20-12-5-7-14-6-1-4-10-17(14)20/h1-4,6,8-10H,5,7,11-13H2. The molecule has 0 unspecified atom stereocenters. The Morgan fingerprint density at radius 3 is 2.71 bits per heavy atom. The molecule has 0 N–H and O–H groups in total. The van der Waals surface area contributed by atoms with Gasteiger partial charge in [-0.1, -0.05) is 41.9 Å². The number of carbonyl (C=O) groups is 1. The molecule has 1 aliphatic rings. The molecule has 0 atom stereocenters. The average molecular weight is 300 g/mol. The SMILES string of the molecule is O=C(CCN1CCCc2ccccc21)c1ccccc1Cl. The molecule has 21 heavy (non-hydrogen) atoms. The summed E-state index contributed by atoms with van der Waals surface area (Å²) in [6.45, 7) is 1.77. The van der Waals surface area contributed by atoms with E-state index in [2.05, 4.69) is 29.2 Å². The van der Waals surface area contributed by atoms with Gasteiger partial charge in [0.25, 0.3) is 0 Å². The van der Waals surface area contributed by atoms with E-state index in [0.29, 0.717) is 17.0 Å². The summed E-state index contributed by atoms with van der Waals surface area (Å²) in [6, 6.07) is 15.7. The Kier molecular flexibility index (Phi) is 4.26. The molecular weight excluding hydrogens is 282 g/mol. The van der Waals surface area contributed by atoms with E-state index in [-0.39, 0.29) is 5.78 Å². The number of hydrogen-bond acceptors (Lipinski definition) is 2. The zero-order valence-electron chi connectivity index (χ0n) is 11.9. The maximum absolute atomic E-state index is 12.3.